The molecule has 35 heavy (non-hydrogen) atoms. The summed E-state index contributed by atoms with van der Waals surface area (Å²) in [6.45, 7) is 0.562. The van der Waals surface area contributed by atoms with Crippen molar-refractivity contribution in [2.45, 2.75) is 19.0 Å². The Morgan fingerprint density at radius 2 is 1.97 bits per heavy atom. The number of benzene rings is 2. The summed E-state index contributed by atoms with van der Waals surface area (Å²) in [5.41, 5.74) is 6.02. The third-order valence-electron chi connectivity index (χ3n) is 5.24. The first-order valence-electron chi connectivity index (χ1n) is 10.9. The van der Waals surface area contributed by atoms with E-state index in [1.165, 1.54) is 36.2 Å². The number of para-hydroxylation sites is 1. The number of amides is 1. The number of allylic oxidation sites excluding steroid dienone is 1. The number of ether oxygens (including phenoxy) is 2. The first-order valence-corrected chi connectivity index (χ1v) is 12.2. The fourth-order valence-corrected chi connectivity index (χ4v) is 3.46. The van der Waals surface area contributed by atoms with Crippen LogP contribution >= 0.6 is 11.8 Å². The van der Waals surface area contributed by atoms with Crippen LogP contribution in [0.2, 0.25) is 0 Å². The fourth-order valence-electron chi connectivity index (χ4n) is 3.26. The number of thioether (sulfide) groups is 1. The molecule has 1 aliphatic carbocycles. The van der Waals surface area contributed by atoms with Gasteiger partial charge in [0.25, 0.3) is 5.91 Å². The first kappa shape index (κ1) is 26.3. The Labute approximate surface area is 206 Å². The van der Waals surface area contributed by atoms with Gasteiger partial charge in [0.15, 0.2) is 11.5 Å². The molecule has 9 heteroatoms. The number of nitrogens with one attached hydrogen (secondary N) is 1. The van der Waals surface area contributed by atoms with Gasteiger partial charge < -0.3 is 20.5 Å². The van der Waals surface area contributed by atoms with Crippen LogP contribution in [0.4, 0.5) is 13.2 Å². The fraction of sp³-hybridized carbons (Fsp3) is 0.269. The second kappa shape index (κ2) is 11.9. The second-order valence-corrected chi connectivity index (χ2v) is 8.63. The number of nitrogens with two attached hydrogens (primary N) is 1. The van der Waals surface area contributed by atoms with E-state index in [9.17, 15) is 18.0 Å². The largest absolute Gasteiger partial charge is 0.493 e. The van der Waals surface area contributed by atoms with Crippen LogP contribution in [0.25, 0.3) is 11.6 Å². The number of carbonyl (C=O) groups is 1. The summed E-state index contributed by atoms with van der Waals surface area (Å²) in [5.74, 6) is 0.979. The molecule has 1 amide bonds. The number of hydrogen-bond acceptors (Lipinski definition) is 5. The highest BCUT2D eigenvalue weighted by Crippen LogP contribution is 2.36. The van der Waals surface area contributed by atoms with E-state index in [1.807, 2.05) is 0 Å². The minimum atomic E-state index is -4.56. The molecule has 0 saturated heterocycles. The average molecular weight is 505 g/mol. The Hall–Kier alpha value is -3.33. The molecule has 1 aliphatic rings. The minimum Gasteiger partial charge on any atom is -0.493 e. The highest BCUT2D eigenvalue weighted by Gasteiger charge is 2.31. The summed E-state index contributed by atoms with van der Waals surface area (Å²) in [6, 6.07) is 9.88. The van der Waals surface area contributed by atoms with Gasteiger partial charge in [-0.25, -0.2) is 0 Å². The van der Waals surface area contributed by atoms with Crippen LogP contribution in [0.5, 0.6) is 11.5 Å². The van der Waals surface area contributed by atoms with E-state index in [2.05, 4.69) is 5.32 Å². The van der Waals surface area contributed by atoms with E-state index < -0.39 is 17.6 Å². The molecular formula is C26H27F3N2O3S. The molecule has 1 saturated carbocycles. The number of rotatable bonds is 10. The molecule has 186 valence electrons. The molecule has 0 unspecified atom stereocenters. The zero-order chi connectivity index (χ0) is 25.4. The van der Waals surface area contributed by atoms with Crippen molar-refractivity contribution in [3.8, 4) is 11.5 Å². The lowest BCUT2D eigenvalue weighted by Gasteiger charge is -2.14. The number of hydrogen-bond donors (Lipinski definition) is 2. The van der Waals surface area contributed by atoms with Gasteiger partial charge in [0, 0.05) is 17.5 Å². The molecule has 0 heterocycles. The van der Waals surface area contributed by atoms with Crippen LogP contribution in [0.3, 0.4) is 0 Å². The SMILES string of the molecule is COc1cccc(/C=C/C(N)=C(/C(=O)N/C=C\SC)c2cccc(C(F)(F)F)c2)c1OCC1CC1. The lowest BCUT2D eigenvalue weighted by atomic mass is 9.99. The standard InChI is InChI=1S/C26H27F3N2O3S/c1-33-22-8-4-5-18(24(22)34-16-17-9-10-17)11-12-21(30)23(25(32)31-13-14-35-2)19-6-3-7-20(15-19)26(27,28)29/h3-8,11-15,17H,9-10,16,30H2,1-2H3,(H,31,32)/b12-11+,14-13-,23-21-. The summed E-state index contributed by atoms with van der Waals surface area (Å²) in [6.07, 6.45) is 4.02. The molecule has 3 rings (SSSR count). The van der Waals surface area contributed by atoms with Crippen LogP contribution in [0.15, 0.2) is 65.8 Å². The maximum absolute atomic E-state index is 13.3. The summed E-state index contributed by atoms with van der Waals surface area (Å²) in [7, 11) is 1.54. The van der Waals surface area contributed by atoms with Gasteiger partial charge in [-0.3, -0.25) is 4.79 Å². The molecule has 0 radical (unpaired) electrons. The zero-order valence-corrected chi connectivity index (χ0v) is 20.2. The van der Waals surface area contributed by atoms with E-state index in [0.717, 1.165) is 25.0 Å². The smallest absolute Gasteiger partial charge is 0.416 e. The maximum Gasteiger partial charge on any atom is 0.416 e. The third-order valence-corrected chi connectivity index (χ3v) is 5.65. The van der Waals surface area contributed by atoms with Gasteiger partial charge in [0.1, 0.15) is 0 Å². The monoisotopic (exact) mass is 504 g/mol. The van der Waals surface area contributed by atoms with Crippen LogP contribution < -0.4 is 20.5 Å². The van der Waals surface area contributed by atoms with Gasteiger partial charge in [-0.2, -0.15) is 13.2 Å². The molecule has 0 atom stereocenters. The van der Waals surface area contributed by atoms with E-state index in [1.54, 1.807) is 43.0 Å². The lowest BCUT2D eigenvalue weighted by Crippen LogP contribution is -2.21. The second-order valence-electron chi connectivity index (χ2n) is 7.89. The van der Waals surface area contributed by atoms with Crippen molar-refractivity contribution in [2.75, 3.05) is 20.0 Å². The average Bonchev–Trinajstić information content (AvgIpc) is 3.66. The van der Waals surface area contributed by atoms with Gasteiger partial charge >= 0.3 is 6.18 Å². The van der Waals surface area contributed by atoms with Crippen LogP contribution in [-0.2, 0) is 11.0 Å². The van der Waals surface area contributed by atoms with Crippen LogP contribution in [0.1, 0.15) is 29.5 Å². The van der Waals surface area contributed by atoms with Crippen molar-refractivity contribution in [1.29, 1.82) is 0 Å². The summed E-state index contributed by atoms with van der Waals surface area (Å²) in [5, 5.41) is 4.18. The highest BCUT2D eigenvalue weighted by atomic mass is 32.2. The minimum absolute atomic E-state index is 0.00432. The van der Waals surface area contributed by atoms with Gasteiger partial charge in [0.05, 0.1) is 24.9 Å². The van der Waals surface area contributed by atoms with Crippen molar-refractivity contribution < 1.29 is 27.4 Å². The van der Waals surface area contributed by atoms with Crippen molar-refractivity contribution in [3.63, 3.8) is 0 Å². The van der Waals surface area contributed by atoms with Crippen LogP contribution in [0, 0.1) is 5.92 Å². The van der Waals surface area contributed by atoms with Crippen molar-refractivity contribution in [2.24, 2.45) is 11.7 Å². The highest BCUT2D eigenvalue weighted by molar-refractivity contribution is 8.01. The Kier molecular flexibility index (Phi) is 8.92. The molecule has 0 spiro atoms. The van der Waals surface area contributed by atoms with Gasteiger partial charge in [0.2, 0.25) is 0 Å². The molecule has 2 aromatic rings. The Morgan fingerprint density at radius 1 is 1.23 bits per heavy atom. The summed E-state index contributed by atoms with van der Waals surface area (Å²) in [4.78, 5) is 12.9. The Bertz CT molecular complexity index is 1140. The molecule has 5 nitrogen and oxygen atoms in total. The molecular weight excluding hydrogens is 477 g/mol. The number of methoxy groups -OCH3 is 1. The van der Waals surface area contributed by atoms with E-state index in [4.69, 9.17) is 15.2 Å². The predicted molar refractivity (Wildman–Crippen MR) is 134 cm³/mol. The summed E-state index contributed by atoms with van der Waals surface area (Å²) < 4.78 is 51.3. The first-order chi connectivity index (χ1) is 16.7. The Balaban J connectivity index is 2.01. The Morgan fingerprint density at radius 3 is 2.63 bits per heavy atom. The third kappa shape index (κ3) is 7.32. The van der Waals surface area contributed by atoms with Gasteiger partial charge in [-0.05, 0) is 66.3 Å². The molecule has 0 bridgehead atoms. The van der Waals surface area contributed by atoms with Crippen molar-refractivity contribution in [1.82, 2.24) is 5.32 Å². The molecule has 0 aliphatic heterocycles. The van der Waals surface area contributed by atoms with Crippen molar-refractivity contribution in [3.05, 3.63) is 82.5 Å². The van der Waals surface area contributed by atoms with Gasteiger partial charge in [-0.15, -0.1) is 11.8 Å². The number of alkyl halides is 3. The summed E-state index contributed by atoms with van der Waals surface area (Å²) >= 11 is 1.36. The molecule has 0 aromatic heterocycles. The lowest BCUT2D eigenvalue weighted by molar-refractivity contribution is -0.137. The van der Waals surface area contributed by atoms with Crippen LogP contribution in [-0.4, -0.2) is 25.9 Å². The number of halogens is 3. The predicted octanol–water partition coefficient (Wildman–Crippen LogP) is 5.84. The topological polar surface area (TPSA) is 73.6 Å². The molecule has 2 aromatic carbocycles. The normalized spacial score (nSPS) is 14.8. The van der Waals surface area contributed by atoms with Gasteiger partial charge in [-0.1, -0.05) is 24.3 Å². The zero-order valence-electron chi connectivity index (χ0n) is 19.4. The van der Waals surface area contributed by atoms with Crippen molar-refractivity contribution >= 4 is 29.3 Å². The quantitative estimate of drug-likeness (QED) is 0.314. The maximum atomic E-state index is 13.3. The molecule has 1 fully saturated rings. The number of carbonyl (C=O) groups excluding carboxylic acids is 1. The van der Waals surface area contributed by atoms with E-state index in [-0.39, 0.29) is 16.8 Å². The van der Waals surface area contributed by atoms with E-state index in [0.29, 0.717) is 29.6 Å². The van der Waals surface area contributed by atoms with E-state index >= 15 is 0 Å². The molecule has 3 N–H and O–H groups in total.